The normalized spacial score (nSPS) is 21.8. The van der Waals surface area contributed by atoms with Crippen molar-refractivity contribution in [2.75, 3.05) is 6.54 Å². The van der Waals surface area contributed by atoms with Crippen LogP contribution in [0.4, 0.5) is 5.69 Å². The van der Waals surface area contributed by atoms with Gasteiger partial charge in [0.1, 0.15) is 0 Å². The van der Waals surface area contributed by atoms with Crippen molar-refractivity contribution < 1.29 is 9.72 Å². The summed E-state index contributed by atoms with van der Waals surface area (Å²) < 4.78 is 0. The summed E-state index contributed by atoms with van der Waals surface area (Å²) in [5.74, 6) is 0.723. The molecule has 1 fully saturated rings. The number of hydrogen-bond acceptors (Lipinski definition) is 3. The highest BCUT2D eigenvalue weighted by molar-refractivity contribution is 6.33. The fourth-order valence-electron chi connectivity index (χ4n) is 2.82. The number of benzene rings is 1. The first kappa shape index (κ1) is 15.8. The van der Waals surface area contributed by atoms with E-state index in [4.69, 9.17) is 11.6 Å². The number of halogens is 1. The molecule has 0 heterocycles. The molecule has 1 aromatic rings. The third kappa shape index (κ3) is 3.94. The van der Waals surface area contributed by atoms with Crippen LogP contribution in [-0.4, -0.2) is 17.4 Å². The summed E-state index contributed by atoms with van der Waals surface area (Å²) in [5.41, 5.74) is 0.0323. The number of nitro groups is 1. The minimum absolute atomic E-state index is 0.129. The van der Waals surface area contributed by atoms with Crippen LogP contribution in [0.1, 0.15) is 43.0 Å². The third-order valence-electron chi connectivity index (χ3n) is 4.22. The van der Waals surface area contributed by atoms with E-state index < -0.39 is 4.92 Å². The molecule has 2 rings (SSSR count). The Balaban J connectivity index is 2.02. The number of nitrogens with zero attached hydrogens (tertiary/aromatic N) is 1. The van der Waals surface area contributed by atoms with Crippen LogP contribution in [0.5, 0.6) is 0 Å². The van der Waals surface area contributed by atoms with Crippen LogP contribution in [0.15, 0.2) is 18.2 Å². The predicted molar refractivity (Wildman–Crippen MR) is 81.6 cm³/mol. The van der Waals surface area contributed by atoms with Gasteiger partial charge in [-0.3, -0.25) is 14.9 Å². The Morgan fingerprint density at radius 3 is 2.81 bits per heavy atom. The lowest BCUT2D eigenvalue weighted by Crippen LogP contribution is -2.33. The average Bonchev–Trinajstić information content (AvgIpc) is 2.46. The number of rotatable bonds is 4. The summed E-state index contributed by atoms with van der Waals surface area (Å²) in [5, 5.41) is 13.9. The molecule has 1 saturated carbocycles. The van der Waals surface area contributed by atoms with Gasteiger partial charge in [0.2, 0.25) is 0 Å². The molecule has 0 saturated heterocycles. The van der Waals surface area contributed by atoms with Crippen molar-refractivity contribution in [1.82, 2.24) is 5.32 Å². The van der Waals surface area contributed by atoms with E-state index in [1.54, 1.807) is 0 Å². The molecule has 0 bridgehead atoms. The Bertz CT molecular complexity index is 548. The first-order valence-electron chi connectivity index (χ1n) is 7.21. The number of carbonyl (C=O) groups excluding carboxylic acids is 1. The number of amides is 1. The lowest BCUT2D eigenvalue weighted by Gasteiger charge is -2.28. The van der Waals surface area contributed by atoms with Crippen molar-refractivity contribution in [2.45, 2.75) is 32.6 Å². The molecule has 114 valence electrons. The topological polar surface area (TPSA) is 72.2 Å². The molecule has 1 aromatic carbocycles. The Kier molecular flexibility index (Phi) is 5.17. The van der Waals surface area contributed by atoms with Crippen molar-refractivity contribution in [3.63, 3.8) is 0 Å². The van der Waals surface area contributed by atoms with Gasteiger partial charge >= 0.3 is 0 Å². The maximum Gasteiger partial charge on any atom is 0.270 e. The van der Waals surface area contributed by atoms with Gasteiger partial charge in [0.25, 0.3) is 11.6 Å². The lowest BCUT2D eigenvalue weighted by atomic mass is 9.80. The van der Waals surface area contributed by atoms with E-state index in [0.717, 1.165) is 6.42 Å². The fourth-order valence-corrected chi connectivity index (χ4v) is 3.02. The summed E-state index contributed by atoms with van der Waals surface area (Å²) in [6, 6.07) is 3.90. The van der Waals surface area contributed by atoms with Gasteiger partial charge in [-0.2, -0.15) is 0 Å². The zero-order valence-corrected chi connectivity index (χ0v) is 12.7. The summed E-state index contributed by atoms with van der Waals surface area (Å²) in [4.78, 5) is 22.4. The highest BCUT2D eigenvalue weighted by atomic mass is 35.5. The largest absolute Gasteiger partial charge is 0.352 e. The second-order valence-corrected chi connectivity index (χ2v) is 6.06. The number of carbonyl (C=O) groups is 1. The van der Waals surface area contributed by atoms with Crippen molar-refractivity contribution >= 4 is 23.2 Å². The molecule has 0 aromatic heterocycles. The quantitative estimate of drug-likeness (QED) is 0.679. The predicted octanol–water partition coefficient (Wildman–Crippen LogP) is 3.80. The Morgan fingerprint density at radius 2 is 2.14 bits per heavy atom. The van der Waals surface area contributed by atoms with Crippen LogP contribution in [0.2, 0.25) is 5.02 Å². The van der Waals surface area contributed by atoms with E-state index in [-0.39, 0.29) is 22.2 Å². The van der Waals surface area contributed by atoms with Crippen LogP contribution in [0.25, 0.3) is 0 Å². The monoisotopic (exact) mass is 310 g/mol. The van der Waals surface area contributed by atoms with E-state index in [1.807, 2.05) is 0 Å². The summed E-state index contributed by atoms with van der Waals surface area (Å²) in [6.07, 6.45) is 4.76. The van der Waals surface area contributed by atoms with E-state index in [2.05, 4.69) is 12.2 Å². The van der Waals surface area contributed by atoms with Gasteiger partial charge in [0.15, 0.2) is 0 Å². The molecule has 21 heavy (non-hydrogen) atoms. The maximum atomic E-state index is 12.2. The Hall–Kier alpha value is -1.62. The third-order valence-corrected chi connectivity index (χ3v) is 4.55. The molecule has 1 N–H and O–H groups in total. The molecular weight excluding hydrogens is 292 g/mol. The fraction of sp³-hybridized carbons (Fsp3) is 0.533. The van der Waals surface area contributed by atoms with Gasteiger partial charge < -0.3 is 5.32 Å². The van der Waals surface area contributed by atoms with Gasteiger partial charge in [-0.15, -0.1) is 0 Å². The highest BCUT2D eigenvalue weighted by Crippen LogP contribution is 2.29. The molecule has 2 atom stereocenters. The van der Waals surface area contributed by atoms with Crippen LogP contribution < -0.4 is 5.32 Å². The molecule has 1 aliphatic rings. The molecule has 0 spiro atoms. The Morgan fingerprint density at radius 1 is 1.43 bits per heavy atom. The smallest absolute Gasteiger partial charge is 0.270 e. The molecular formula is C15H19ClN2O3. The van der Waals surface area contributed by atoms with Gasteiger partial charge in [-0.1, -0.05) is 37.8 Å². The number of nitro benzene ring substituents is 1. The SMILES string of the molecule is CC1CCCCC1CNC(=O)c1cc([N+](=O)[O-])ccc1Cl. The zero-order chi connectivity index (χ0) is 15.4. The molecule has 2 unspecified atom stereocenters. The molecule has 5 nitrogen and oxygen atoms in total. The second kappa shape index (κ2) is 6.89. The second-order valence-electron chi connectivity index (χ2n) is 5.65. The standard InChI is InChI=1S/C15H19ClN2O3/c1-10-4-2-3-5-11(10)9-17-15(19)13-8-12(18(20)21)6-7-14(13)16/h6-8,10-11H,2-5,9H2,1H3,(H,17,19). The molecule has 6 heteroatoms. The van der Waals surface area contributed by atoms with Crippen LogP contribution in [0, 0.1) is 22.0 Å². The summed E-state index contributed by atoms with van der Waals surface area (Å²) in [7, 11) is 0. The molecule has 0 aliphatic heterocycles. The first-order valence-corrected chi connectivity index (χ1v) is 7.59. The summed E-state index contributed by atoms with van der Waals surface area (Å²) >= 11 is 5.96. The minimum Gasteiger partial charge on any atom is -0.352 e. The first-order chi connectivity index (χ1) is 9.99. The van der Waals surface area contributed by atoms with Gasteiger partial charge in [-0.25, -0.2) is 0 Å². The number of nitrogens with one attached hydrogen (secondary N) is 1. The van der Waals surface area contributed by atoms with E-state index in [9.17, 15) is 14.9 Å². The number of non-ortho nitro benzene ring substituents is 1. The number of hydrogen-bond donors (Lipinski definition) is 1. The van der Waals surface area contributed by atoms with Crippen molar-refractivity contribution in [1.29, 1.82) is 0 Å². The summed E-state index contributed by atoms with van der Waals surface area (Å²) in [6.45, 7) is 2.80. The van der Waals surface area contributed by atoms with Crippen molar-refractivity contribution in [3.8, 4) is 0 Å². The van der Waals surface area contributed by atoms with Gasteiger partial charge in [0, 0.05) is 18.7 Å². The maximum absolute atomic E-state index is 12.2. The van der Waals surface area contributed by atoms with Crippen LogP contribution in [0.3, 0.4) is 0 Å². The van der Waals surface area contributed by atoms with Crippen LogP contribution >= 0.6 is 11.6 Å². The lowest BCUT2D eigenvalue weighted by molar-refractivity contribution is -0.384. The average molecular weight is 311 g/mol. The van der Waals surface area contributed by atoms with Crippen LogP contribution in [-0.2, 0) is 0 Å². The van der Waals surface area contributed by atoms with Crippen molar-refractivity contribution in [2.24, 2.45) is 11.8 Å². The zero-order valence-electron chi connectivity index (χ0n) is 12.0. The molecule has 1 amide bonds. The minimum atomic E-state index is -0.531. The molecule has 0 radical (unpaired) electrons. The van der Waals surface area contributed by atoms with Gasteiger partial charge in [-0.05, 0) is 24.3 Å². The van der Waals surface area contributed by atoms with Crippen molar-refractivity contribution in [3.05, 3.63) is 38.9 Å². The molecule has 1 aliphatic carbocycles. The Labute approximate surface area is 128 Å². The van der Waals surface area contributed by atoms with E-state index in [0.29, 0.717) is 18.4 Å². The van der Waals surface area contributed by atoms with E-state index >= 15 is 0 Å². The van der Waals surface area contributed by atoms with Gasteiger partial charge in [0.05, 0.1) is 15.5 Å². The highest BCUT2D eigenvalue weighted by Gasteiger charge is 2.22. The van der Waals surface area contributed by atoms with E-state index in [1.165, 1.54) is 37.5 Å².